The molecule has 3 nitrogen and oxygen atoms in total. The van der Waals surface area contributed by atoms with Crippen LogP contribution >= 0.6 is 15.9 Å². The molecule has 1 amide bonds. The number of carbonyl (C=O) groups excluding carboxylic acids is 1. The molecular formula is C9H8BrNO2. The van der Waals surface area contributed by atoms with Gasteiger partial charge < -0.3 is 10.1 Å². The number of rotatable bonds is 0. The summed E-state index contributed by atoms with van der Waals surface area (Å²) in [4.78, 5) is 11.2. The van der Waals surface area contributed by atoms with Crippen LogP contribution in [-0.4, -0.2) is 12.0 Å². The zero-order valence-electron chi connectivity index (χ0n) is 7.00. The minimum Gasteiger partial charge on any atom is -0.479 e. The van der Waals surface area contributed by atoms with Crippen molar-refractivity contribution in [2.24, 2.45) is 0 Å². The summed E-state index contributed by atoms with van der Waals surface area (Å²) in [6.07, 6.45) is -0.409. The smallest absolute Gasteiger partial charge is 0.265 e. The number of ether oxygens (including phenoxy) is 1. The van der Waals surface area contributed by atoms with Crippen molar-refractivity contribution in [3.63, 3.8) is 0 Å². The van der Waals surface area contributed by atoms with Gasteiger partial charge in [-0.3, -0.25) is 4.79 Å². The van der Waals surface area contributed by atoms with E-state index in [0.717, 1.165) is 15.9 Å². The van der Waals surface area contributed by atoms with Crippen LogP contribution in [0.3, 0.4) is 0 Å². The Hall–Kier alpha value is -1.03. The fourth-order valence-electron chi connectivity index (χ4n) is 1.18. The number of carbonyl (C=O) groups is 1. The van der Waals surface area contributed by atoms with E-state index in [-0.39, 0.29) is 5.91 Å². The summed E-state index contributed by atoms with van der Waals surface area (Å²) in [5, 5.41) is 2.76. The van der Waals surface area contributed by atoms with Crippen molar-refractivity contribution in [3.8, 4) is 5.75 Å². The van der Waals surface area contributed by atoms with E-state index in [4.69, 9.17) is 4.74 Å². The second-order valence-electron chi connectivity index (χ2n) is 2.89. The molecule has 4 heteroatoms. The van der Waals surface area contributed by atoms with Crippen LogP contribution in [0.15, 0.2) is 22.7 Å². The standard InChI is InChI=1S/C9H8BrNO2/c1-5-9(12)11-7-4-6(10)2-3-8(7)13-5/h2-5H,1H3,(H,11,12)/t5-/m0/s1. The first-order valence-electron chi connectivity index (χ1n) is 3.94. The van der Waals surface area contributed by atoms with Crippen LogP contribution in [0.4, 0.5) is 5.69 Å². The highest BCUT2D eigenvalue weighted by Crippen LogP contribution is 2.31. The van der Waals surface area contributed by atoms with Gasteiger partial charge >= 0.3 is 0 Å². The van der Waals surface area contributed by atoms with E-state index in [1.54, 1.807) is 6.92 Å². The maximum atomic E-state index is 11.2. The van der Waals surface area contributed by atoms with Gasteiger partial charge in [-0.1, -0.05) is 15.9 Å². The van der Waals surface area contributed by atoms with E-state index in [0.29, 0.717) is 0 Å². The molecule has 13 heavy (non-hydrogen) atoms. The van der Waals surface area contributed by atoms with Crippen molar-refractivity contribution in [1.82, 2.24) is 0 Å². The molecule has 1 N–H and O–H groups in total. The number of halogens is 1. The first-order valence-corrected chi connectivity index (χ1v) is 4.73. The number of amides is 1. The van der Waals surface area contributed by atoms with E-state index in [1.807, 2.05) is 18.2 Å². The number of hydrogen-bond donors (Lipinski definition) is 1. The van der Waals surface area contributed by atoms with Gasteiger partial charge in [0.15, 0.2) is 6.10 Å². The van der Waals surface area contributed by atoms with Crippen LogP contribution in [0.1, 0.15) is 6.92 Å². The third-order valence-electron chi connectivity index (χ3n) is 1.87. The topological polar surface area (TPSA) is 38.3 Å². The average Bonchev–Trinajstić information content (AvgIpc) is 2.08. The molecule has 0 saturated carbocycles. The van der Waals surface area contributed by atoms with Gasteiger partial charge in [-0.2, -0.15) is 0 Å². The Bertz CT molecular complexity index is 365. The Kier molecular flexibility index (Phi) is 2.00. The SMILES string of the molecule is C[C@@H]1Oc2ccc(Br)cc2NC1=O. The zero-order chi connectivity index (χ0) is 9.42. The normalized spacial score (nSPS) is 20.2. The molecule has 1 aromatic carbocycles. The summed E-state index contributed by atoms with van der Waals surface area (Å²) in [5.74, 6) is 0.612. The van der Waals surface area contributed by atoms with Crippen LogP contribution in [-0.2, 0) is 4.79 Å². The summed E-state index contributed by atoms with van der Waals surface area (Å²) in [6, 6.07) is 5.53. The molecule has 2 rings (SSSR count). The first-order chi connectivity index (χ1) is 6.16. The minimum absolute atomic E-state index is 0.106. The van der Waals surface area contributed by atoms with Crippen molar-refractivity contribution < 1.29 is 9.53 Å². The van der Waals surface area contributed by atoms with Gasteiger partial charge in [0.1, 0.15) is 5.75 Å². The second-order valence-corrected chi connectivity index (χ2v) is 3.81. The zero-order valence-corrected chi connectivity index (χ0v) is 8.59. The third kappa shape index (κ3) is 1.54. The van der Waals surface area contributed by atoms with Gasteiger partial charge in [0.05, 0.1) is 5.69 Å². The van der Waals surface area contributed by atoms with Crippen LogP contribution in [0, 0.1) is 0 Å². The van der Waals surface area contributed by atoms with Crippen molar-refractivity contribution in [1.29, 1.82) is 0 Å². The molecule has 0 aliphatic carbocycles. The van der Waals surface area contributed by atoms with Gasteiger partial charge in [0.25, 0.3) is 5.91 Å². The molecule has 0 bridgehead atoms. The summed E-state index contributed by atoms with van der Waals surface area (Å²) >= 11 is 3.32. The second kappa shape index (κ2) is 3.03. The Morgan fingerprint density at radius 1 is 1.54 bits per heavy atom. The molecule has 0 spiro atoms. The van der Waals surface area contributed by atoms with Gasteiger partial charge in [-0.05, 0) is 25.1 Å². The predicted molar refractivity (Wildman–Crippen MR) is 52.9 cm³/mol. The molecule has 1 heterocycles. The van der Waals surface area contributed by atoms with Gasteiger partial charge in [0.2, 0.25) is 0 Å². The summed E-state index contributed by atoms with van der Waals surface area (Å²) < 4.78 is 6.29. The molecule has 1 aliphatic heterocycles. The maximum Gasteiger partial charge on any atom is 0.265 e. The van der Waals surface area contributed by atoms with Gasteiger partial charge in [-0.25, -0.2) is 0 Å². The van der Waals surface area contributed by atoms with Gasteiger partial charge in [0, 0.05) is 4.47 Å². The minimum atomic E-state index is -0.409. The van der Waals surface area contributed by atoms with Crippen LogP contribution in [0.5, 0.6) is 5.75 Å². The molecule has 68 valence electrons. The molecule has 1 aromatic rings. The number of fused-ring (bicyclic) bond motifs is 1. The molecule has 0 saturated heterocycles. The molecule has 1 aliphatic rings. The lowest BCUT2D eigenvalue weighted by molar-refractivity contribution is -0.122. The van der Waals surface area contributed by atoms with Crippen LogP contribution in [0.2, 0.25) is 0 Å². The summed E-state index contributed by atoms with van der Waals surface area (Å²) in [6.45, 7) is 1.72. The summed E-state index contributed by atoms with van der Waals surface area (Å²) in [7, 11) is 0. The molecule has 0 radical (unpaired) electrons. The molecule has 1 atom stereocenters. The monoisotopic (exact) mass is 241 g/mol. The molecule has 0 fully saturated rings. The first kappa shape index (κ1) is 8.56. The van der Waals surface area contributed by atoms with E-state index in [2.05, 4.69) is 21.2 Å². The molecule has 0 aromatic heterocycles. The largest absolute Gasteiger partial charge is 0.479 e. The highest BCUT2D eigenvalue weighted by atomic mass is 79.9. The van der Waals surface area contributed by atoms with E-state index in [9.17, 15) is 4.79 Å². The highest BCUT2D eigenvalue weighted by Gasteiger charge is 2.22. The van der Waals surface area contributed by atoms with E-state index in [1.165, 1.54) is 0 Å². The van der Waals surface area contributed by atoms with Crippen molar-refractivity contribution in [2.75, 3.05) is 5.32 Å². The third-order valence-corrected chi connectivity index (χ3v) is 2.37. The highest BCUT2D eigenvalue weighted by molar-refractivity contribution is 9.10. The van der Waals surface area contributed by atoms with Crippen molar-refractivity contribution in [2.45, 2.75) is 13.0 Å². The lowest BCUT2D eigenvalue weighted by Crippen LogP contribution is -2.34. The Balaban J connectivity index is 2.42. The predicted octanol–water partition coefficient (Wildman–Crippen LogP) is 2.17. The quantitative estimate of drug-likeness (QED) is 0.757. The van der Waals surface area contributed by atoms with Gasteiger partial charge in [-0.15, -0.1) is 0 Å². The number of nitrogens with one attached hydrogen (secondary N) is 1. The summed E-state index contributed by atoms with van der Waals surface area (Å²) in [5.41, 5.74) is 0.720. The Morgan fingerprint density at radius 3 is 3.08 bits per heavy atom. The fraction of sp³-hybridized carbons (Fsp3) is 0.222. The van der Waals surface area contributed by atoms with Crippen LogP contribution in [0.25, 0.3) is 0 Å². The van der Waals surface area contributed by atoms with Crippen LogP contribution < -0.4 is 10.1 Å². The maximum absolute atomic E-state index is 11.2. The van der Waals surface area contributed by atoms with Crippen molar-refractivity contribution in [3.05, 3.63) is 22.7 Å². The van der Waals surface area contributed by atoms with E-state index < -0.39 is 6.10 Å². The number of benzene rings is 1. The Morgan fingerprint density at radius 2 is 2.31 bits per heavy atom. The number of hydrogen-bond acceptors (Lipinski definition) is 2. The fourth-order valence-corrected chi connectivity index (χ4v) is 1.54. The number of anilines is 1. The van der Waals surface area contributed by atoms with Crippen molar-refractivity contribution >= 4 is 27.5 Å². The Labute approximate surface area is 84.2 Å². The van der Waals surface area contributed by atoms with E-state index >= 15 is 0 Å². The molecular weight excluding hydrogens is 234 g/mol. The lowest BCUT2D eigenvalue weighted by atomic mass is 10.2. The average molecular weight is 242 g/mol. The molecule has 0 unspecified atom stereocenters. The lowest BCUT2D eigenvalue weighted by Gasteiger charge is -2.23.